The number of carbonyl (C=O) groups excluding carboxylic acids is 1. The lowest BCUT2D eigenvalue weighted by molar-refractivity contribution is 0.0606. The number of hydrogen-bond acceptors (Lipinski definition) is 3. The number of carbonyl (C=O) groups is 1. The highest BCUT2D eigenvalue weighted by Crippen LogP contribution is 2.28. The van der Waals surface area contributed by atoms with Crippen LogP contribution in [0.1, 0.15) is 23.4 Å². The average Bonchev–Trinajstić information content (AvgIpc) is 3.06. The van der Waals surface area contributed by atoms with Crippen LogP contribution in [0.15, 0.2) is 40.8 Å². The number of piperidine rings is 3. The number of furan rings is 1. The van der Waals surface area contributed by atoms with Gasteiger partial charge in [-0.1, -0.05) is 23.7 Å². The quantitative estimate of drug-likeness (QED) is 0.938. The van der Waals surface area contributed by atoms with Crippen molar-refractivity contribution in [1.82, 2.24) is 10.2 Å². The van der Waals surface area contributed by atoms with Gasteiger partial charge in [0.1, 0.15) is 5.76 Å². The number of halogens is 1. The Bertz CT molecular complexity index is 719. The maximum absolute atomic E-state index is 12.5. The zero-order chi connectivity index (χ0) is 15.8. The van der Waals surface area contributed by atoms with Crippen LogP contribution in [0.25, 0.3) is 11.3 Å². The fourth-order valence-corrected chi connectivity index (χ4v) is 3.82. The van der Waals surface area contributed by atoms with Gasteiger partial charge in [0, 0.05) is 23.2 Å². The van der Waals surface area contributed by atoms with Gasteiger partial charge in [-0.25, -0.2) is 0 Å². The topological polar surface area (TPSA) is 45.5 Å². The smallest absolute Gasteiger partial charge is 0.287 e. The monoisotopic (exact) mass is 330 g/mol. The molecular weight excluding hydrogens is 312 g/mol. The Morgan fingerprint density at radius 2 is 2.04 bits per heavy atom. The predicted molar refractivity (Wildman–Crippen MR) is 89.6 cm³/mol. The van der Waals surface area contributed by atoms with E-state index in [2.05, 4.69) is 10.2 Å². The summed E-state index contributed by atoms with van der Waals surface area (Å²) in [5.74, 6) is 1.49. The minimum atomic E-state index is -0.128. The van der Waals surface area contributed by atoms with Crippen molar-refractivity contribution in [3.05, 3.63) is 47.2 Å². The molecule has 0 radical (unpaired) electrons. The van der Waals surface area contributed by atoms with Crippen molar-refractivity contribution in [2.75, 3.05) is 19.6 Å². The average molecular weight is 331 g/mol. The van der Waals surface area contributed by atoms with Crippen LogP contribution in [0.4, 0.5) is 0 Å². The first-order valence-corrected chi connectivity index (χ1v) is 8.46. The summed E-state index contributed by atoms with van der Waals surface area (Å²) in [5, 5.41) is 3.79. The van der Waals surface area contributed by atoms with E-state index >= 15 is 0 Å². The summed E-state index contributed by atoms with van der Waals surface area (Å²) in [4.78, 5) is 14.9. The Balaban J connectivity index is 1.47. The van der Waals surface area contributed by atoms with Crippen LogP contribution in [0.5, 0.6) is 0 Å². The number of fused-ring (bicyclic) bond motifs is 3. The summed E-state index contributed by atoms with van der Waals surface area (Å²) in [7, 11) is 0. The Labute approximate surface area is 140 Å². The Morgan fingerprint density at radius 3 is 2.74 bits per heavy atom. The molecule has 3 saturated heterocycles. The van der Waals surface area contributed by atoms with E-state index in [9.17, 15) is 4.79 Å². The molecule has 3 aliphatic rings. The molecule has 1 N–H and O–H groups in total. The van der Waals surface area contributed by atoms with Gasteiger partial charge >= 0.3 is 0 Å². The molecule has 4 heterocycles. The molecule has 1 aromatic heterocycles. The van der Waals surface area contributed by atoms with E-state index in [1.54, 1.807) is 6.07 Å². The molecule has 2 aromatic rings. The van der Waals surface area contributed by atoms with E-state index < -0.39 is 0 Å². The first kappa shape index (κ1) is 14.8. The highest BCUT2D eigenvalue weighted by atomic mass is 35.5. The lowest BCUT2D eigenvalue weighted by Crippen LogP contribution is -2.57. The summed E-state index contributed by atoms with van der Waals surface area (Å²) in [5.41, 5.74) is 0.874. The molecule has 4 nitrogen and oxygen atoms in total. The van der Waals surface area contributed by atoms with Crippen LogP contribution in [0.3, 0.4) is 0 Å². The van der Waals surface area contributed by atoms with Gasteiger partial charge in [0.05, 0.1) is 0 Å². The van der Waals surface area contributed by atoms with Crippen LogP contribution >= 0.6 is 11.6 Å². The van der Waals surface area contributed by atoms with Crippen LogP contribution in [0, 0.1) is 5.92 Å². The summed E-state index contributed by atoms with van der Waals surface area (Å²) in [6.45, 7) is 3.28. The number of amides is 1. The minimum absolute atomic E-state index is 0.128. The molecule has 1 amide bonds. The van der Waals surface area contributed by atoms with Crippen LogP contribution in [0.2, 0.25) is 5.02 Å². The molecule has 23 heavy (non-hydrogen) atoms. The number of nitrogens with zero attached hydrogens (tertiary/aromatic N) is 1. The lowest BCUT2D eigenvalue weighted by atomic mass is 9.84. The van der Waals surface area contributed by atoms with Gasteiger partial charge in [-0.2, -0.15) is 0 Å². The standard InChI is InChI=1S/C18H19ClN2O2/c19-14-3-1-2-13(10-14)16-4-5-17(23-16)18(22)20-15-11-21-8-6-12(15)7-9-21/h1-5,10,12,15H,6-9,11H2,(H,20,22). The molecule has 120 valence electrons. The van der Waals surface area contributed by atoms with E-state index in [4.69, 9.17) is 16.0 Å². The third kappa shape index (κ3) is 3.01. The fraction of sp³-hybridized carbons (Fsp3) is 0.389. The van der Waals surface area contributed by atoms with Gasteiger partial charge in [0.15, 0.2) is 5.76 Å². The number of rotatable bonds is 3. The van der Waals surface area contributed by atoms with E-state index in [0.717, 1.165) is 25.2 Å². The molecule has 1 unspecified atom stereocenters. The second kappa shape index (κ2) is 6.02. The molecule has 3 aliphatic heterocycles. The van der Waals surface area contributed by atoms with E-state index in [0.29, 0.717) is 22.5 Å². The highest BCUT2D eigenvalue weighted by molar-refractivity contribution is 6.30. The molecule has 2 bridgehead atoms. The Kier molecular flexibility index (Phi) is 3.87. The predicted octanol–water partition coefficient (Wildman–Crippen LogP) is 3.42. The third-order valence-corrected chi connectivity index (χ3v) is 5.15. The molecule has 5 heteroatoms. The van der Waals surface area contributed by atoms with Crippen molar-refractivity contribution in [1.29, 1.82) is 0 Å². The van der Waals surface area contributed by atoms with E-state index in [1.165, 1.54) is 12.8 Å². The lowest BCUT2D eigenvalue weighted by Gasteiger charge is -2.44. The van der Waals surface area contributed by atoms with Gasteiger partial charge in [-0.15, -0.1) is 0 Å². The van der Waals surface area contributed by atoms with Crippen molar-refractivity contribution < 1.29 is 9.21 Å². The maximum Gasteiger partial charge on any atom is 0.287 e. The van der Waals surface area contributed by atoms with Crippen LogP contribution in [-0.2, 0) is 0 Å². The molecule has 0 aliphatic carbocycles. The Morgan fingerprint density at radius 1 is 1.22 bits per heavy atom. The first-order valence-electron chi connectivity index (χ1n) is 8.08. The van der Waals surface area contributed by atoms with Crippen molar-refractivity contribution >= 4 is 17.5 Å². The summed E-state index contributed by atoms with van der Waals surface area (Å²) >= 11 is 6.00. The SMILES string of the molecule is O=C(NC1CN2CCC1CC2)c1ccc(-c2cccc(Cl)c2)o1. The molecule has 5 rings (SSSR count). The third-order valence-electron chi connectivity index (χ3n) is 4.91. The fourth-order valence-electron chi connectivity index (χ4n) is 3.62. The molecule has 1 aromatic carbocycles. The van der Waals surface area contributed by atoms with Gasteiger partial charge in [-0.3, -0.25) is 4.79 Å². The van der Waals surface area contributed by atoms with Crippen LogP contribution in [-0.4, -0.2) is 36.5 Å². The van der Waals surface area contributed by atoms with Gasteiger partial charge in [-0.05, 0) is 56.1 Å². The summed E-state index contributed by atoms with van der Waals surface area (Å²) in [6.07, 6.45) is 2.35. The number of nitrogens with one attached hydrogen (secondary N) is 1. The summed E-state index contributed by atoms with van der Waals surface area (Å²) in [6, 6.07) is 11.2. The van der Waals surface area contributed by atoms with Gasteiger partial charge < -0.3 is 14.6 Å². The van der Waals surface area contributed by atoms with Crippen molar-refractivity contribution in [2.45, 2.75) is 18.9 Å². The minimum Gasteiger partial charge on any atom is -0.451 e. The molecule has 3 fully saturated rings. The normalized spacial score (nSPS) is 26.2. The highest BCUT2D eigenvalue weighted by Gasteiger charge is 2.35. The molecule has 0 spiro atoms. The number of hydrogen-bond donors (Lipinski definition) is 1. The Hall–Kier alpha value is -1.78. The van der Waals surface area contributed by atoms with Gasteiger partial charge in [0.2, 0.25) is 0 Å². The largest absolute Gasteiger partial charge is 0.451 e. The van der Waals surface area contributed by atoms with Crippen molar-refractivity contribution in [2.24, 2.45) is 5.92 Å². The first-order chi connectivity index (χ1) is 11.2. The van der Waals surface area contributed by atoms with Crippen LogP contribution < -0.4 is 5.32 Å². The zero-order valence-corrected chi connectivity index (χ0v) is 13.6. The second-order valence-corrected chi connectivity index (χ2v) is 6.83. The van der Waals surface area contributed by atoms with Gasteiger partial charge in [0.25, 0.3) is 5.91 Å². The van der Waals surface area contributed by atoms with E-state index in [1.807, 2.05) is 30.3 Å². The van der Waals surface area contributed by atoms with E-state index in [-0.39, 0.29) is 11.9 Å². The summed E-state index contributed by atoms with van der Waals surface area (Å²) < 4.78 is 5.72. The molecule has 1 atom stereocenters. The maximum atomic E-state index is 12.5. The zero-order valence-electron chi connectivity index (χ0n) is 12.8. The van der Waals surface area contributed by atoms with Crippen molar-refractivity contribution in [3.8, 4) is 11.3 Å². The number of benzene rings is 1. The van der Waals surface area contributed by atoms with Crippen molar-refractivity contribution in [3.63, 3.8) is 0 Å². The second-order valence-electron chi connectivity index (χ2n) is 6.39. The molecular formula is C18H19ClN2O2. The molecule has 0 saturated carbocycles.